The van der Waals surface area contributed by atoms with Crippen molar-refractivity contribution in [2.75, 3.05) is 25.4 Å². The summed E-state index contributed by atoms with van der Waals surface area (Å²) in [5.41, 5.74) is 5.94. The molecule has 1 saturated heterocycles. The quantitative estimate of drug-likeness (QED) is 0.140. The van der Waals surface area contributed by atoms with Crippen molar-refractivity contribution >= 4 is 74.6 Å². The molecule has 1 aromatic heterocycles. The second-order valence-electron chi connectivity index (χ2n) is 17.0. The number of hydrogen-bond acceptors (Lipinski definition) is 13. The number of rotatable bonds is 7. The summed E-state index contributed by atoms with van der Waals surface area (Å²) in [6.45, 7) is 4.96. The number of ketones is 2. The zero-order valence-electron chi connectivity index (χ0n) is 36.1. The summed E-state index contributed by atoms with van der Waals surface area (Å²) in [7, 11) is -2.32. The third kappa shape index (κ3) is 11.7. The van der Waals surface area contributed by atoms with Gasteiger partial charge in [0, 0.05) is 55.0 Å². The van der Waals surface area contributed by atoms with E-state index in [1.807, 2.05) is 0 Å². The summed E-state index contributed by atoms with van der Waals surface area (Å²) >= 11 is 0. The van der Waals surface area contributed by atoms with Crippen LogP contribution in [0, 0.1) is 23.7 Å². The van der Waals surface area contributed by atoms with Crippen molar-refractivity contribution < 1.29 is 62.7 Å². The smallest absolute Gasteiger partial charge is 0.246 e. The number of phenolic OH excluding ortho intramolecular Hbond substituents is 1. The predicted molar refractivity (Wildman–Crippen MR) is 228 cm³/mol. The number of aliphatic hydroxyl groups excluding tert-OH is 2. The number of primary amides is 1. The molecule has 0 aliphatic carbocycles. The van der Waals surface area contributed by atoms with Gasteiger partial charge in [-0.1, -0.05) is 34.1 Å². The van der Waals surface area contributed by atoms with Gasteiger partial charge in [0.25, 0.3) is 0 Å². The van der Waals surface area contributed by atoms with Gasteiger partial charge in [0.05, 0.1) is 59.8 Å². The molecule has 64 heavy (non-hydrogen) atoms. The summed E-state index contributed by atoms with van der Waals surface area (Å²) in [6.07, 6.45) is -4.30. The number of nitrogens with two attached hydrogens (primary N) is 1. The normalized spacial score (nSPS) is 28.8. The number of carbonyl (C=O) groups is 9. The van der Waals surface area contributed by atoms with E-state index in [2.05, 4.69) is 31.6 Å². The molecule has 1 fully saturated rings. The topological polar surface area (TPSA) is 337 Å². The van der Waals surface area contributed by atoms with Gasteiger partial charge < -0.3 is 57.5 Å². The maximum absolute atomic E-state index is 14.6. The third-order valence-corrected chi connectivity index (χ3v) is 13.8. The van der Waals surface area contributed by atoms with Crippen LogP contribution >= 0.6 is 0 Å². The lowest BCUT2D eigenvalue weighted by molar-refractivity contribution is -0.143. The number of aromatic amines is 1. The summed E-state index contributed by atoms with van der Waals surface area (Å²) in [6, 6.07) is -2.39. The van der Waals surface area contributed by atoms with Crippen molar-refractivity contribution in [2.45, 2.75) is 114 Å². The van der Waals surface area contributed by atoms with Crippen LogP contribution in [0.15, 0.2) is 23.2 Å². The maximum atomic E-state index is 14.6. The van der Waals surface area contributed by atoms with Gasteiger partial charge in [-0.25, -0.2) is 0 Å². The van der Waals surface area contributed by atoms with E-state index in [-0.39, 0.29) is 53.5 Å². The van der Waals surface area contributed by atoms with Crippen molar-refractivity contribution in [1.82, 2.24) is 36.5 Å². The van der Waals surface area contributed by atoms with E-state index in [1.165, 1.54) is 25.1 Å². The highest BCUT2D eigenvalue weighted by Crippen LogP contribution is 2.32. The second kappa shape index (κ2) is 21.3. The van der Waals surface area contributed by atoms with Crippen molar-refractivity contribution in [3.63, 3.8) is 0 Å². The lowest BCUT2D eigenvalue weighted by Crippen LogP contribution is -2.60. The van der Waals surface area contributed by atoms with E-state index in [0.29, 0.717) is 11.8 Å². The monoisotopic (exact) mass is 914 g/mol. The van der Waals surface area contributed by atoms with Crippen molar-refractivity contribution in [1.29, 1.82) is 0 Å². The molecule has 11 N–H and O–H groups in total. The van der Waals surface area contributed by atoms with Crippen molar-refractivity contribution in [3.05, 3.63) is 23.8 Å². The lowest BCUT2D eigenvalue weighted by atomic mass is 9.84. The molecule has 2 bridgehead atoms. The molecule has 5 rings (SSSR count). The summed E-state index contributed by atoms with van der Waals surface area (Å²) in [5.74, 6) is -12.4. The molecule has 1 aromatic carbocycles. The fourth-order valence-electron chi connectivity index (χ4n) is 8.46. The largest absolute Gasteiger partial charge is 0.508 e. The van der Waals surface area contributed by atoms with Crippen LogP contribution in [0.5, 0.6) is 5.75 Å². The Morgan fingerprint density at radius 1 is 0.906 bits per heavy atom. The van der Waals surface area contributed by atoms with E-state index >= 15 is 0 Å². The number of hydrogen-bond donors (Lipinski definition) is 10. The molecule has 0 saturated carbocycles. The fraction of sp³-hybridized carbons (Fsp3) is 0.595. The summed E-state index contributed by atoms with van der Waals surface area (Å²) in [5, 5.41) is 44.9. The van der Waals surface area contributed by atoms with Crippen LogP contribution in [0.25, 0.3) is 10.9 Å². The van der Waals surface area contributed by atoms with Crippen LogP contribution in [0.1, 0.15) is 71.8 Å². The molecule has 1 unspecified atom stereocenters. The van der Waals surface area contributed by atoms with Crippen LogP contribution in [-0.4, -0.2) is 144 Å². The third-order valence-electron chi connectivity index (χ3n) is 12.4. The molecule has 4 heterocycles. The Hall–Kier alpha value is -5.74. The number of fused-ring (bicyclic) bond motifs is 5. The van der Waals surface area contributed by atoms with Crippen LogP contribution in [0.3, 0.4) is 0 Å². The zero-order valence-corrected chi connectivity index (χ0v) is 37.0. The highest BCUT2D eigenvalue weighted by atomic mass is 32.2. The Kier molecular flexibility index (Phi) is 16.4. The minimum absolute atomic E-state index is 0.0841. The number of phenols is 1. The number of H-pyrrole nitrogens is 1. The minimum atomic E-state index is -2.32. The Morgan fingerprint density at radius 3 is 2.28 bits per heavy atom. The molecule has 11 atom stereocenters. The second-order valence-corrected chi connectivity index (χ2v) is 18.4. The number of aromatic nitrogens is 1. The van der Waals surface area contributed by atoms with Gasteiger partial charge in [0.1, 0.15) is 28.9 Å². The lowest BCUT2D eigenvalue weighted by Gasteiger charge is -2.32. The highest BCUT2D eigenvalue weighted by Gasteiger charge is 2.45. The number of aliphatic hydroxyl groups is 2. The standard InChI is InChI=1S/C42H58N8O13S/c1-5-19(3)26-11-23(52)15-44-37(58)21-9-27-25-8-7-22(51)12-28(25)48-41(27)64(63)18-30(46-35(57)16-45-38(26)59)39(60)47-29(14-34(43)56)42(62)50-17-24(53)13-31(50)40(61)49-36(33(55)10-21)20(4)32(54)6-2/h7-8,12,19-21,24,26,29-32,36,48,51,53-54H,5-6,9-11,13-18H2,1-4H3,(H2,43,56)(H,44,58)(H,45,59)(H,46,57)(H,47,60)(H,49,61)/t19-,20-,21+,24+,26-,29-,30-,31-,32-,36-,64?/m0/s1. The SMILES string of the molecule is CC[C@H](C)[C@@H]1CC(=O)CNC(=O)[C@H]2CC(=O)[C@H]([C@@H](C)[C@@H](O)CC)NC(=O)[C@@H]3C[C@@H](O)CN3C(=O)[C@H](CC(N)=O)NC(=O)[C@H](CS(=O)c3[nH]c4cc(O)ccc4c3C2)NC(=O)CNC1=O. The van der Waals surface area contributed by atoms with Crippen LogP contribution in [0.4, 0.5) is 0 Å². The molecule has 2 aromatic rings. The Bertz CT molecular complexity index is 2200. The van der Waals surface area contributed by atoms with E-state index in [0.717, 1.165) is 4.90 Å². The van der Waals surface area contributed by atoms with Gasteiger partial charge in [-0.2, -0.15) is 0 Å². The van der Waals surface area contributed by atoms with Gasteiger partial charge in [0.15, 0.2) is 11.6 Å². The molecule has 0 radical (unpaired) electrons. The molecule has 0 spiro atoms. The van der Waals surface area contributed by atoms with E-state index in [9.17, 15) is 62.7 Å². The molecule has 22 heteroatoms. The summed E-state index contributed by atoms with van der Waals surface area (Å²) in [4.78, 5) is 128. The highest BCUT2D eigenvalue weighted by molar-refractivity contribution is 7.85. The molecule has 7 amide bonds. The van der Waals surface area contributed by atoms with E-state index in [1.54, 1.807) is 20.8 Å². The first-order valence-electron chi connectivity index (χ1n) is 21.4. The first kappa shape index (κ1) is 49.3. The van der Waals surface area contributed by atoms with E-state index in [4.69, 9.17) is 5.73 Å². The van der Waals surface area contributed by atoms with Crippen LogP contribution in [-0.2, 0) is 60.4 Å². The number of benzene rings is 1. The molecule has 350 valence electrons. The van der Waals surface area contributed by atoms with Gasteiger partial charge >= 0.3 is 0 Å². The number of amides is 7. The van der Waals surface area contributed by atoms with Crippen LogP contribution < -0.4 is 32.3 Å². The molecule has 3 aliphatic rings. The first-order valence-corrected chi connectivity index (χ1v) is 22.7. The number of nitrogens with one attached hydrogen (secondary N) is 6. The fourth-order valence-corrected chi connectivity index (χ4v) is 9.86. The maximum Gasteiger partial charge on any atom is 0.246 e. The number of carbonyl (C=O) groups excluding carboxylic acids is 9. The molecular weight excluding hydrogens is 857 g/mol. The van der Waals surface area contributed by atoms with Gasteiger partial charge in [0.2, 0.25) is 41.4 Å². The minimum Gasteiger partial charge on any atom is -0.508 e. The number of nitrogens with zero attached hydrogens (tertiary/aromatic N) is 1. The van der Waals surface area contributed by atoms with Crippen molar-refractivity contribution in [3.8, 4) is 5.75 Å². The number of Topliss-reactive ketones (excluding diaryl/α,β-unsaturated/α-hetero) is 2. The van der Waals surface area contributed by atoms with Gasteiger partial charge in [-0.3, -0.25) is 47.4 Å². The Morgan fingerprint density at radius 2 is 1.61 bits per heavy atom. The number of aromatic hydroxyl groups is 1. The average Bonchev–Trinajstić information content (AvgIpc) is 3.82. The molecular formula is C42H58N8O13S. The Balaban J connectivity index is 1.73. The summed E-state index contributed by atoms with van der Waals surface area (Å²) < 4.78 is 14.6. The first-order chi connectivity index (χ1) is 30.2. The van der Waals surface area contributed by atoms with Crippen molar-refractivity contribution in [2.24, 2.45) is 29.4 Å². The van der Waals surface area contributed by atoms with Gasteiger partial charge in [-0.05, 0) is 36.5 Å². The van der Waals surface area contributed by atoms with Gasteiger partial charge in [-0.15, -0.1) is 0 Å². The van der Waals surface area contributed by atoms with E-state index < -0.39 is 156 Å². The van der Waals surface area contributed by atoms with Crippen LogP contribution in [0.2, 0.25) is 0 Å². The zero-order chi connectivity index (χ0) is 47.2. The Labute approximate surface area is 371 Å². The average molecular weight is 915 g/mol. The molecule has 21 nitrogen and oxygen atoms in total. The molecule has 3 aliphatic heterocycles. The predicted octanol–water partition coefficient (Wildman–Crippen LogP) is -2.32.